The van der Waals surface area contributed by atoms with E-state index in [4.69, 9.17) is 5.73 Å². The summed E-state index contributed by atoms with van der Waals surface area (Å²) in [4.78, 5) is 0.212. The number of hydrogen-bond donors (Lipinski definition) is 1. The first-order valence-corrected chi connectivity index (χ1v) is 7.62. The van der Waals surface area contributed by atoms with Gasteiger partial charge in [-0.15, -0.1) is 0 Å². The summed E-state index contributed by atoms with van der Waals surface area (Å²) in [6.07, 6.45) is 0. The summed E-state index contributed by atoms with van der Waals surface area (Å²) in [7, 11) is -3.47. The average Bonchev–Trinajstić information content (AvgIpc) is 2.41. The highest BCUT2D eigenvalue weighted by atomic mass is 32.2. The fraction of sp³-hybridized carbons (Fsp3) is 0.200. The number of aryl methyl sites for hydroxylation is 1. The molecule has 0 aliphatic carbocycles. The van der Waals surface area contributed by atoms with Gasteiger partial charge in [0.05, 0.1) is 15.8 Å². The molecule has 0 heterocycles. The topological polar surface area (TPSA) is 60.2 Å². The summed E-state index contributed by atoms with van der Waals surface area (Å²) < 4.78 is 25.3. The molecule has 0 bridgehead atoms. The van der Waals surface area contributed by atoms with Gasteiger partial charge in [-0.1, -0.05) is 36.4 Å². The molecule has 4 heteroatoms. The fourth-order valence-corrected chi connectivity index (χ4v) is 3.62. The molecule has 0 saturated heterocycles. The molecule has 0 fully saturated rings. The van der Waals surface area contributed by atoms with Crippen LogP contribution in [0.15, 0.2) is 53.4 Å². The van der Waals surface area contributed by atoms with E-state index < -0.39 is 15.1 Å². The lowest BCUT2D eigenvalue weighted by molar-refractivity contribution is 0.586. The quantitative estimate of drug-likeness (QED) is 0.875. The van der Waals surface area contributed by atoms with Crippen LogP contribution in [0.3, 0.4) is 0 Å². The smallest absolute Gasteiger partial charge is 0.187 e. The van der Waals surface area contributed by atoms with Crippen molar-refractivity contribution in [2.24, 2.45) is 0 Å². The molecular formula is C15H17NO2S. The van der Waals surface area contributed by atoms with Gasteiger partial charge in [0, 0.05) is 0 Å². The van der Waals surface area contributed by atoms with Gasteiger partial charge in [-0.25, -0.2) is 8.42 Å². The van der Waals surface area contributed by atoms with Crippen LogP contribution in [0.4, 0.5) is 5.69 Å². The van der Waals surface area contributed by atoms with Crippen molar-refractivity contribution in [1.29, 1.82) is 0 Å². The zero-order chi connectivity index (χ0) is 14.0. The van der Waals surface area contributed by atoms with E-state index in [1.54, 1.807) is 19.1 Å². The van der Waals surface area contributed by atoms with Crippen LogP contribution < -0.4 is 5.73 Å². The van der Waals surface area contributed by atoms with Gasteiger partial charge in [0.15, 0.2) is 9.84 Å². The third-order valence-electron chi connectivity index (χ3n) is 3.21. The fourth-order valence-electron chi connectivity index (χ4n) is 1.98. The van der Waals surface area contributed by atoms with Crippen molar-refractivity contribution < 1.29 is 8.42 Å². The summed E-state index contributed by atoms with van der Waals surface area (Å²) in [6, 6.07) is 14.2. The molecule has 0 aromatic heterocycles. The SMILES string of the molecule is Cc1ccc(N)c(S(=O)(=O)C(C)c2ccccc2)c1. The first-order valence-electron chi connectivity index (χ1n) is 6.08. The Morgan fingerprint density at radius 3 is 2.32 bits per heavy atom. The Morgan fingerprint density at radius 1 is 1.05 bits per heavy atom. The highest BCUT2D eigenvalue weighted by Gasteiger charge is 2.26. The average molecular weight is 275 g/mol. The number of nitrogens with two attached hydrogens (primary N) is 1. The molecule has 2 N–H and O–H groups in total. The lowest BCUT2D eigenvalue weighted by atomic mass is 10.2. The van der Waals surface area contributed by atoms with Crippen LogP contribution in [0.5, 0.6) is 0 Å². The molecule has 2 aromatic carbocycles. The molecule has 2 rings (SSSR count). The Morgan fingerprint density at radius 2 is 1.68 bits per heavy atom. The number of hydrogen-bond acceptors (Lipinski definition) is 3. The van der Waals surface area contributed by atoms with Gasteiger partial charge in [0.25, 0.3) is 0 Å². The minimum atomic E-state index is -3.47. The Balaban J connectivity index is 2.51. The number of rotatable bonds is 3. The van der Waals surface area contributed by atoms with Crippen molar-refractivity contribution >= 4 is 15.5 Å². The molecule has 1 atom stereocenters. The molecule has 0 aliphatic rings. The molecule has 100 valence electrons. The monoisotopic (exact) mass is 275 g/mol. The first kappa shape index (κ1) is 13.6. The van der Waals surface area contributed by atoms with Gasteiger partial charge >= 0.3 is 0 Å². The lowest BCUT2D eigenvalue weighted by Gasteiger charge is -2.15. The van der Waals surface area contributed by atoms with E-state index in [-0.39, 0.29) is 4.90 Å². The van der Waals surface area contributed by atoms with E-state index in [2.05, 4.69) is 0 Å². The lowest BCUT2D eigenvalue weighted by Crippen LogP contribution is -2.13. The molecule has 3 nitrogen and oxygen atoms in total. The van der Waals surface area contributed by atoms with Gasteiger partial charge in [-0.05, 0) is 37.1 Å². The van der Waals surface area contributed by atoms with Gasteiger partial charge in [-0.2, -0.15) is 0 Å². The molecule has 0 spiro atoms. The zero-order valence-electron chi connectivity index (χ0n) is 11.0. The van der Waals surface area contributed by atoms with Crippen LogP contribution in [-0.2, 0) is 9.84 Å². The maximum Gasteiger partial charge on any atom is 0.187 e. The van der Waals surface area contributed by atoms with Crippen LogP contribution in [0.2, 0.25) is 0 Å². The van der Waals surface area contributed by atoms with Gasteiger partial charge in [-0.3, -0.25) is 0 Å². The molecule has 0 radical (unpaired) electrons. The molecule has 19 heavy (non-hydrogen) atoms. The maximum atomic E-state index is 12.6. The highest BCUT2D eigenvalue weighted by molar-refractivity contribution is 7.91. The normalized spacial score (nSPS) is 13.2. The Bertz CT molecular complexity index is 679. The van der Waals surface area contributed by atoms with Gasteiger partial charge in [0.1, 0.15) is 0 Å². The van der Waals surface area contributed by atoms with Crippen LogP contribution >= 0.6 is 0 Å². The standard InChI is InChI=1S/C15H17NO2S/c1-11-8-9-14(16)15(10-11)19(17,18)12(2)13-6-4-3-5-7-13/h3-10,12H,16H2,1-2H3. The summed E-state index contributed by atoms with van der Waals surface area (Å²) in [5.41, 5.74) is 7.76. The van der Waals surface area contributed by atoms with E-state index in [9.17, 15) is 8.42 Å². The maximum absolute atomic E-state index is 12.6. The van der Waals surface area contributed by atoms with E-state index in [1.165, 1.54) is 0 Å². The van der Waals surface area contributed by atoms with Gasteiger partial charge in [0.2, 0.25) is 0 Å². The summed E-state index contributed by atoms with van der Waals surface area (Å²) in [5.74, 6) is 0. The molecule has 2 aromatic rings. The highest BCUT2D eigenvalue weighted by Crippen LogP contribution is 2.31. The van der Waals surface area contributed by atoms with Crippen molar-refractivity contribution in [2.75, 3.05) is 5.73 Å². The number of anilines is 1. The van der Waals surface area contributed by atoms with Crippen LogP contribution in [0.25, 0.3) is 0 Å². The third kappa shape index (κ3) is 2.63. The van der Waals surface area contributed by atoms with Crippen molar-refractivity contribution in [3.8, 4) is 0 Å². The van der Waals surface area contributed by atoms with Crippen LogP contribution in [-0.4, -0.2) is 8.42 Å². The number of benzene rings is 2. The second-order valence-electron chi connectivity index (χ2n) is 4.64. The van der Waals surface area contributed by atoms with Crippen molar-refractivity contribution in [3.63, 3.8) is 0 Å². The zero-order valence-corrected chi connectivity index (χ0v) is 11.8. The van der Waals surface area contributed by atoms with E-state index in [0.717, 1.165) is 11.1 Å². The van der Waals surface area contributed by atoms with Crippen LogP contribution in [0, 0.1) is 6.92 Å². The van der Waals surface area contributed by atoms with E-state index in [1.807, 2.05) is 43.3 Å². The molecular weight excluding hydrogens is 258 g/mol. The Labute approximate surface area is 114 Å². The largest absolute Gasteiger partial charge is 0.398 e. The Kier molecular flexibility index (Phi) is 3.62. The minimum absolute atomic E-state index is 0.212. The second-order valence-corrected chi connectivity index (χ2v) is 6.88. The number of nitrogen functional groups attached to an aromatic ring is 1. The van der Waals surface area contributed by atoms with Crippen LogP contribution in [0.1, 0.15) is 23.3 Å². The van der Waals surface area contributed by atoms with E-state index >= 15 is 0 Å². The molecule has 0 saturated carbocycles. The minimum Gasteiger partial charge on any atom is -0.398 e. The molecule has 1 unspecified atom stereocenters. The van der Waals surface area contributed by atoms with Crippen molar-refractivity contribution in [1.82, 2.24) is 0 Å². The van der Waals surface area contributed by atoms with E-state index in [0.29, 0.717) is 5.69 Å². The molecule has 0 aliphatic heterocycles. The summed E-state index contributed by atoms with van der Waals surface area (Å²) in [5, 5.41) is -0.613. The van der Waals surface area contributed by atoms with Crippen molar-refractivity contribution in [2.45, 2.75) is 24.0 Å². The summed E-state index contributed by atoms with van der Waals surface area (Å²) >= 11 is 0. The molecule has 0 amide bonds. The van der Waals surface area contributed by atoms with Crippen molar-refractivity contribution in [3.05, 3.63) is 59.7 Å². The number of sulfone groups is 1. The predicted octanol–water partition coefficient (Wildman–Crippen LogP) is 3.11. The second kappa shape index (κ2) is 5.05. The predicted molar refractivity (Wildman–Crippen MR) is 77.6 cm³/mol. The third-order valence-corrected chi connectivity index (χ3v) is 5.38. The Hall–Kier alpha value is -1.81. The summed E-state index contributed by atoms with van der Waals surface area (Å²) in [6.45, 7) is 3.54. The van der Waals surface area contributed by atoms with Gasteiger partial charge < -0.3 is 5.73 Å². The first-order chi connectivity index (χ1) is 8.93.